The molecule has 0 aromatic heterocycles. The second kappa shape index (κ2) is 7.62. The van der Waals surface area contributed by atoms with Crippen LogP contribution in [0, 0.1) is 0 Å². The lowest BCUT2D eigenvalue weighted by molar-refractivity contribution is 0.101. The van der Waals surface area contributed by atoms with Gasteiger partial charge in [0.15, 0.2) is 5.78 Å². The lowest BCUT2D eigenvalue weighted by atomic mass is 10.0. The van der Waals surface area contributed by atoms with Gasteiger partial charge >= 0.3 is 0 Å². The lowest BCUT2D eigenvalue weighted by Crippen LogP contribution is -2.15. The fourth-order valence-electron chi connectivity index (χ4n) is 1.89. The molecular formula is C14H23BrN2O2. The van der Waals surface area contributed by atoms with E-state index in [1.54, 1.807) is 19.1 Å². The molecule has 0 saturated carbocycles. The Morgan fingerprint density at radius 1 is 1.05 bits per heavy atom. The van der Waals surface area contributed by atoms with Crippen LogP contribution in [0.2, 0.25) is 0 Å². The van der Waals surface area contributed by atoms with Gasteiger partial charge in [0.25, 0.3) is 0 Å². The van der Waals surface area contributed by atoms with Crippen molar-refractivity contribution in [1.29, 1.82) is 0 Å². The Balaban J connectivity index is 0.00000324. The zero-order valence-electron chi connectivity index (χ0n) is 12.2. The number of Topliss-reactive ketones (excluding diaryl/α,β-unsaturated/α-hetero) is 1. The maximum absolute atomic E-state index is 11.5. The summed E-state index contributed by atoms with van der Waals surface area (Å²) < 4.78 is 0. The Kier molecular flexibility index (Phi) is 7.26. The van der Waals surface area contributed by atoms with Crippen LogP contribution in [-0.2, 0) is 13.1 Å². The molecule has 0 fully saturated rings. The van der Waals surface area contributed by atoms with E-state index in [9.17, 15) is 9.90 Å². The molecule has 0 atom stereocenters. The third kappa shape index (κ3) is 5.30. The first-order chi connectivity index (χ1) is 8.31. The highest BCUT2D eigenvalue weighted by Gasteiger charge is 2.13. The average molecular weight is 331 g/mol. The van der Waals surface area contributed by atoms with Gasteiger partial charge in [0, 0.05) is 29.8 Å². The fourth-order valence-corrected chi connectivity index (χ4v) is 1.89. The van der Waals surface area contributed by atoms with Crippen molar-refractivity contribution in [2.75, 3.05) is 28.2 Å². The van der Waals surface area contributed by atoms with Crippen LogP contribution in [-0.4, -0.2) is 48.9 Å². The Labute approximate surface area is 125 Å². The summed E-state index contributed by atoms with van der Waals surface area (Å²) in [6.07, 6.45) is 0. The summed E-state index contributed by atoms with van der Waals surface area (Å²) >= 11 is 0. The Bertz CT molecular complexity index is 414. The standard InChI is InChI=1S/C14H22N2O2.BrH/c1-10(17)11-6-12(8-15(2)3)14(18)13(7-11)9-16(4)5;/h6-7,18H,8-9H2,1-5H3;1H. The van der Waals surface area contributed by atoms with Crippen LogP contribution in [0.25, 0.3) is 0 Å². The maximum Gasteiger partial charge on any atom is 0.159 e. The van der Waals surface area contributed by atoms with E-state index in [4.69, 9.17) is 0 Å². The molecule has 1 aromatic rings. The molecule has 19 heavy (non-hydrogen) atoms. The quantitative estimate of drug-likeness (QED) is 0.841. The van der Waals surface area contributed by atoms with Crippen molar-refractivity contribution in [1.82, 2.24) is 9.80 Å². The van der Waals surface area contributed by atoms with Gasteiger partial charge in [-0.3, -0.25) is 4.79 Å². The number of halogens is 1. The number of hydrogen-bond donors (Lipinski definition) is 1. The zero-order valence-corrected chi connectivity index (χ0v) is 13.9. The first kappa shape index (κ1) is 18.1. The second-order valence-electron chi connectivity index (χ2n) is 5.17. The van der Waals surface area contributed by atoms with Crippen LogP contribution in [0.3, 0.4) is 0 Å². The molecule has 1 rings (SSSR count). The number of carbonyl (C=O) groups excluding carboxylic acids is 1. The Morgan fingerprint density at radius 3 is 1.68 bits per heavy atom. The molecule has 108 valence electrons. The summed E-state index contributed by atoms with van der Waals surface area (Å²) in [5.41, 5.74) is 2.25. The number of rotatable bonds is 5. The molecule has 5 heteroatoms. The minimum atomic E-state index is 0. The Hall–Kier alpha value is -0.910. The number of benzene rings is 1. The number of carbonyl (C=O) groups is 1. The van der Waals surface area contributed by atoms with Crippen LogP contribution >= 0.6 is 17.0 Å². The molecule has 0 bridgehead atoms. The van der Waals surface area contributed by atoms with Gasteiger partial charge in [0.1, 0.15) is 5.75 Å². The second-order valence-corrected chi connectivity index (χ2v) is 5.17. The van der Waals surface area contributed by atoms with Gasteiger partial charge in [-0.15, -0.1) is 17.0 Å². The molecule has 1 aromatic carbocycles. The highest BCUT2D eigenvalue weighted by atomic mass is 79.9. The van der Waals surface area contributed by atoms with E-state index in [2.05, 4.69) is 0 Å². The van der Waals surface area contributed by atoms with Gasteiger partial charge in [-0.05, 0) is 47.2 Å². The van der Waals surface area contributed by atoms with Crippen LogP contribution in [0.4, 0.5) is 0 Å². The molecule has 4 nitrogen and oxygen atoms in total. The van der Waals surface area contributed by atoms with E-state index in [1.807, 2.05) is 38.0 Å². The van der Waals surface area contributed by atoms with Crippen molar-refractivity contribution in [2.24, 2.45) is 0 Å². The van der Waals surface area contributed by atoms with Gasteiger partial charge in [0.05, 0.1) is 0 Å². The van der Waals surface area contributed by atoms with Crippen LogP contribution in [0.15, 0.2) is 12.1 Å². The van der Waals surface area contributed by atoms with E-state index in [-0.39, 0.29) is 22.8 Å². The molecule has 0 spiro atoms. The van der Waals surface area contributed by atoms with Gasteiger partial charge < -0.3 is 14.9 Å². The Morgan fingerprint density at radius 2 is 1.42 bits per heavy atom. The van der Waals surface area contributed by atoms with Gasteiger partial charge in [0.2, 0.25) is 0 Å². The molecular weight excluding hydrogens is 308 g/mol. The van der Waals surface area contributed by atoms with E-state index in [0.29, 0.717) is 24.4 Å². The number of phenolic OH excluding ortho intramolecular Hbond substituents is 1. The summed E-state index contributed by atoms with van der Waals surface area (Å²) in [7, 11) is 7.74. The first-order valence-electron chi connectivity index (χ1n) is 5.96. The monoisotopic (exact) mass is 330 g/mol. The van der Waals surface area contributed by atoms with Crippen molar-refractivity contribution in [2.45, 2.75) is 20.0 Å². The largest absolute Gasteiger partial charge is 0.507 e. The fraction of sp³-hybridized carbons (Fsp3) is 0.500. The minimum absolute atomic E-state index is 0. The molecule has 0 aliphatic heterocycles. The van der Waals surface area contributed by atoms with E-state index in [1.165, 1.54) is 0 Å². The number of nitrogens with zero attached hydrogens (tertiary/aromatic N) is 2. The molecule has 0 radical (unpaired) electrons. The van der Waals surface area contributed by atoms with Crippen molar-refractivity contribution >= 4 is 22.8 Å². The third-order valence-electron chi connectivity index (χ3n) is 2.65. The zero-order chi connectivity index (χ0) is 13.9. The molecule has 0 saturated heterocycles. The predicted octanol–water partition coefficient (Wildman–Crippen LogP) is 2.30. The normalized spacial score (nSPS) is 10.7. The SMILES string of the molecule is Br.CC(=O)c1cc(CN(C)C)c(O)c(CN(C)C)c1. The van der Waals surface area contributed by atoms with Gasteiger partial charge in [-0.1, -0.05) is 0 Å². The van der Waals surface area contributed by atoms with Crippen molar-refractivity contribution < 1.29 is 9.90 Å². The van der Waals surface area contributed by atoms with Crippen LogP contribution in [0.1, 0.15) is 28.4 Å². The first-order valence-corrected chi connectivity index (χ1v) is 5.96. The predicted molar refractivity (Wildman–Crippen MR) is 83.2 cm³/mol. The summed E-state index contributed by atoms with van der Waals surface area (Å²) in [4.78, 5) is 15.5. The van der Waals surface area contributed by atoms with Crippen molar-refractivity contribution in [3.8, 4) is 5.75 Å². The van der Waals surface area contributed by atoms with Crippen LogP contribution < -0.4 is 0 Å². The molecule has 1 N–H and O–H groups in total. The summed E-state index contributed by atoms with van der Waals surface area (Å²) in [5, 5.41) is 10.2. The molecule has 0 aliphatic rings. The molecule has 0 amide bonds. The van der Waals surface area contributed by atoms with E-state index >= 15 is 0 Å². The number of phenols is 1. The number of aromatic hydroxyl groups is 1. The lowest BCUT2D eigenvalue weighted by Gasteiger charge is -2.17. The van der Waals surface area contributed by atoms with Crippen molar-refractivity contribution in [3.05, 3.63) is 28.8 Å². The highest BCUT2D eigenvalue weighted by molar-refractivity contribution is 8.93. The molecule has 0 unspecified atom stereocenters. The van der Waals surface area contributed by atoms with E-state index < -0.39 is 0 Å². The van der Waals surface area contributed by atoms with Gasteiger partial charge in [-0.2, -0.15) is 0 Å². The highest BCUT2D eigenvalue weighted by Crippen LogP contribution is 2.26. The average Bonchev–Trinajstić information content (AvgIpc) is 2.22. The summed E-state index contributed by atoms with van der Waals surface area (Å²) in [5.74, 6) is 0.317. The minimum Gasteiger partial charge on any atom is -0.507 e. The maximum atomic E-state index is 11.5. The van der Waals surface area contributed by atoms with Gasteiger partial charge in [-0.25, -0.2) is 0 Å². The molecule has 0 aliphatic carbocycles. The smallest absolute Gasteiger partial charge is 0.159 e. The number of hydrogen-bond acceptors (Lipinski definition) is 4. The van der Waals surface area contributed by atoms with Crippen molar-refractivity contribution in [3.63, 3.8) is 0 Å². The molecule has 0 heterocycles. The summed E-state index contributed by atoms with van der Waals surface area (Å²) in [6, 6.07) is 3.55. The summed E-state index contributed by atoms with van der Waals surface area (Å²) in [6.45, 7) is 2.78. The van der Waals surface area contributed by atoms with Crippen LogP contribution in [0.5, 0.6) is 5.75 Å². The van der Waals surface area contributed by atoms with E-state index in [0.717, 1.165) is 11.1 Å². The number of ketones is 1. The topological polar surface area (TPSA) is 43.8 Å². The third-order valence-corrected chi connectivity index (χ3v) is 2.65.